The molecule has 0 aliphatic carbocycles. The van der Waals surface area contributed by atoms with Crippen molar-refractivity contribution < 1.29 is 13.3 Å². The molecule has 0 radical (unpaired) electrons. The first-order valence-corrected chi connectivity index (χ1v) is 47.0. The number of benzene rings is 20. The van der Waals surface area contributed by atoms with Crippen molar-refractivity contribution in [2.45, 2.75) is 0 Å². The smallest absolute Gasteiger partial charge is 0.164 e. The molecule has 0 amide bonds. The topological polar surface area (TPSA) is 155 Å². The Labute approximate surface area is 813 Å². The molecule has 0 fully saturated rings. The van der Waals surface area contributed by atoms with E-state index in [4.69, 9.17) is 58.1 Å². The van der Waals surface area contributed by atoms with Gasteiger partial charge in [0.25, 0.3) is 0 Å². The first-order chi connectivity index (χ1) is 69.8. The lowest BCUT2D eigenvalue weighted by Crippen LogP contribution is -2.00. The molecule has 20 aromatic carbocycles. The van der Waals surface area contributed by atoms with E-state index in [2.05, 4.69) is 370 Å². The second kappa shape index (κ2) is 37.9. The van der Waals surface area contributed by atoms with Gasteiger partial charge in [-0.1, -0.05) is 461 Å². The summed E-state index contributed by atoms with van der Waals surface area (Å²) in [5, 5.41) is 6.67. The maximum atomic E-state index is 6.20. The zero-order valence-electron chi connectivity index (χ0n) is 76.2. The Hall–Kier alpha value is -19.2. The third-order valence-electron chi connectivity index (χ3n) is 25.7. The second-order valence-corrected chi connectivity index (χ2v) is 34.6. The Morgan fingerprint density at radius 2 is 0.262 bits per heavy atom. The molecule has 12 nitrogen and oxygen atoms in total. The van der Waals surface area contributed by atoms with Crippen LogP contribution in [0.1, 0.15) is 0 Å². The van der Waals surface area contributed by atoms with Crippen LogP contribution in [0.4, 0.5) is 0 Å². The normalized spacial score (nSPS) is 11.3. The van der Waals surface area contributed by atoms with Gasteiger partial charge in [0.15, 0.2) is 52.4 Å². The van der Waals surface area contributed by atoms with E-state index in [0.717, 1.165) is 177 Å². The second-order valence-electron chi connectivity index (χ2n) is 34.6. The van der Waals surface area contributed by atoms with Gasteiger partial charge in [0.1, 0.15) is 33.5 Å². The summed E-state index contributed by atoms with van der Waals surface area (Å²) in [6.07, 6.45) is 0. The molecule has 0 unspecified atom stereocenters. The minimum absolute atomic E-state index is 0.616. The summed E-state index contributed by atoms with van der Waals surface area (Å²) in [4.78, 5) is 44.9. The highest BCUT2D eigenvalue weighted by atomic mass is 16.3. The number of para-hydroxylation sites is 3. The summed E-state index contributed by atoms with van der Waals surface area (Å²) >= 11 is 0. The van der Waals surface area contributed by atoms with E-state index in [1.54, 1.807) is 0 Å². The predicted molar refractivity (Wildman–Crippen MR) is 574 cm³/mol. The van der Waals surface area contributed by atoms with Crippen LogP contribution in [0.15, 0.2) is 517 Å². The van der Waals surface area contributed by atoms with E-state index in [-0.39, 0.29) is 0 Å². The lowest BCUT2D eigenvalue weighted by molar-refractivity contribution is 0.668. The van der Waals surface area contributed by atoms with Crippen molar-refractivity contribution in [1.82, 2.24) is 44.9 Å². The Morgan fingerprint density at radius 1 is 0.106 bits per heavy atom. The summed E-state index contributed by atoms with van der Waals surface area (Å²) < 4.78 is 18.5. The molecule has 6 heterocycles. The van der Waals surface area contributed by atoms with Gasteiger partial charge in [-0.15, -0.1) is 0 Å². The third kappa shape index (κ3) is 17.5. The summed E-state index contributed by atoms with van der Waals surface area (Å²) in [5.41, 5.74) is 31.9. The minimum atomic E-state index is 0.616. The van der Waals surface area contributed by atoms with Crippen molar-refractivity contribution in [3.63, 3.8) is 0 Å². The molecule has 12 heteroatoms. The fraction of sp³-hybridized carbons (Fsp3) is 0. The van der Waals surface area contributed by atoms with Crippen molar-refractivity contribution >= 4 is 65.8 Å². The van der Waals surface area contributed by atoms with Crippen LogP contribution in [0.25, 0.3) is 257 Å². The molecule has 0 aliphatic heterocycles. The predicted octanol–water partition coefficient (Wildman–Crippen LogP) is 33.7. The van der Waals surface area contributed by atoms with Crippen molar-refractivity contribution in [2.75, 3.05) is 0 Å². The van der Waals surface area contributed by atoms with E-state index >= 15 is 0 Å². The van der Waals surface area contributed by atoms with Gasteiger partial charge in [0, 0.05) is 82.4 Å². The van der Waals surface area contributed by atoms with E-state index < -0.39 is 0 Å². The molecule has 0 spiro atoms. The average Bonchev–Trinajstić information content (AvgIpc) is 1.68. The lowest BCUT2D eigenvalue weighted by Gasteiger charge is -2.11. The fourth-order valence-corrected chi connectivity index (χ4v) is 18.6. The molecule has 141 heavy (non-hydrogen) atoms. The van der Waals surface area contributed by atoms with Gasteiger partial charge in [0.05, 0.1) is 0 Å². The van der Waals surface area contributed by atoms with Crippen LogP contribution in [0.5, 0.6) is 0 Å². The number of fused-ring (bicyclic) bond motifs is 9. The Bertz CT molecular complexity index is 8800. The molecule has 0 bridgehead atoms. The number of nitrogens with zero attached hydrogens (tertiary/aromatic N) is 9. The molecule has 0 aliphatic rings. The van der Waals surface area contributed by atoms with Crippen LogP contribution in [-0.4, -0.2) is 44.9 Å². The van der Waals surface area contributed by atoms with Crippen LogP contribution in [0, 0.1) is 0 Å². The number of hydrogen-bond donors (Lipinski definition) is 0. The number of rotatable bonds is 17. The zero-order valence-corrected chi connectivity index (χ0v) is 76.2. The van der Waals surface area contributed by atoms with Crippen LogP contribution in [0.3, 0.4) is 0 Å². The third-order valence-corrected chi connectivity index (χ3v) is 25.7. The van der Waals surface area contributed by atoms with Crippen LogP contribution < -0.4 is 0 Å². The molecular formula is C129H83N9O3. The van der Waals surface area contributed by atoms with E-state index in [0.29, 0.717) is 52.4 Å². The average molecular weight is 1810 g/mol. The standard InChI is InChI=1S/2C45H29N3O.C39H25N3O/c1-3-11-30(12-4-1)32-21-25-34(26-22-32)43-46-44(35-27-23-33(24-28-35)31-13-5-2-6-14-31)48-45(47-43)37-16-9-15-36(29-37)38-18-10-20-41-42(38)39-17-7-8-19-40(39)49-41;1-3-10-30(11-4-1)32-18-24-35(25-19-32)43-46-44(36-26-20-33(21-27-36)31-12-5-2-6-13-31)48-45(47-43)37-28-22-34(23-29-37)38-15-9-17-41-42(38)39-14-7-8-16-40(39)49-41;1-3-10-26(11-4-1)27-18-22-30(23-19-27)38-40-37(29-12-5-2-6-13-29)41-39(42-38)31-24-20-28(21-25-31)32-15-9-17-35-36(32)33-14-7-8-16-34(33)43-35/h2*1-29H;1-25H. The molecule has 26 aromatic rings. The molecule has 0 N–H and O–H groups in total. The highest BCUT2D eigenvalue weighted by Gasteiger charge is 2.23. The minimum Gasteiger partial charge on any atom is -0.456 e. The van der Waals surface area contributed by atoms with E-state index in [1.807, 2.05) is 133 Å². The van der Waals surface area contributed by atoms with Crippen molar-refractivity contribution in [3.8, 4) is 192 Å². The monoisotopic (exact) mass is 1810 g/mol. The first kappa shape index (κ1) is 84.8. The van der Waals surface area contributed by atoms with Gasteiger partial charge in [-0.2, -0.15) is 0 Å². The lowest BCUT2D eigenvalue weighted by atomic mass is 9.98. The molecule has 6 aromatic heterocycles. The van der Waals surface area contributed by atoms with Crippen LogP contribution >= 0.6 is 0 Å². The van der Waals surface area contributed by atoms with Crippen LogP contribution in [-0.2, 0) is 0 Å². The van der Waals surface area contributed by atoms with Gasteiger partial charge in [0.2, 0.25) is 0 Å². The van der Waals surface area contributed by atoms with E-state index in [1.165, 1.54) is 27.8 Å². The highest BCUT2D eigenvalue weighted by molar-refractivity contribution is 6.15. The Kier molecular flexibility index (Phi) is 22.8. The van der Waals surface area contributed by atoms with Gasteiger partial charge in [-0.05, 0) is 131 Å². The van der Waals surface area contributed by atoms with Crippen molar-refractivity contribution in [3.05, 3.63) is 504 Å². The summed E-state index contributed by atoms with van der Waals surface area (Å²) in [6, 6.07) is 173. The summed E-state index contributed by atoms with van der Waals surface area (Å²) in [6.45, 7) is 0. The maximum absolute atomic E-state index is 6.20. The number of furan rings is 3. The van der Waals surface area contributed by atoms with Crippen molar-refractivity contribution in [2.24, 2.45) is 0 Å². The van der Waals surface area contributed by atoms with Gasteiger partial charge in [-0.25, -0.2) is 44.9 Å². The highest BCUT2D eigenvalue weighted by Crippen LogP contribution is 2.44. The Balaban J connectivity index is 0.000000115. The molecule has 0 saturated carbocycles. The maximum Gasteiger partial charge on any atom is 0.164 e. The molecule has 662 valence electrons. The molecule has 0 saturated heterocycles. The largest absolute Gasteiger partial charge is 0.456 e. The van der Waals surface area contributed by atoms with Crippen molar-refractivity contribution in [1.29, 1.82) is 0 Å². The molecule has 0 atom stereocenters. The SMILES string of the molecule is c1ccc(-c2ccc(-c3nc(-c4ccc(-c5ccccc5)cc4)nc(-c4ccc(-c5cccc6oc7ccccc7c56)cc4)n3)cc2)cc1.c1ccc(-c2ccc(-c3nc(-c4ccc(-c5ccccc5)cc4)nc(-c4cccc(-c5cccc6oc7ccccc7c56)c4)n3)cc2)cc1.c1ccc(-c2ccc(-c3nc(-c4ccccc4)nc(-c4ccc(-c5cccc6oc7ccccc7c56)cc4)n3)cc2)cc1. The first-order valence-electron chi connectivity index (χ1n) is 47.0. The van der Waals surface area contributed by atoms with Gasteiger partial charge >= 0.3 is 0 Å². The molecular weight excluding hydrogens is 1720 g/mol. The fourth-order valence-electron chi connectivity index (χ4n) is 18.6. The van der Waals surface area contributed by atoms with E-state index in [9.17, 15) is 0 Å². The Morgan fingerprint density at radius 3 is 0.511 bits per heavy atom. The van der Waals surface area contributed by atoms with Crippen LogP contribution in [0.2, 0.25) is 0 Å². The van der Waals surface area contributed by atoms with Gasteiger partial charge in [-0.3, -0.25) is 0 Å². The summed E-state index contributed by atoms with van der Waals surface area (Å²) in [5.74, 6) is 5.67. The van der Waals surface area contributed by atoms with Gasteiger partial charge < -0.3 is 13.3 Å². The number of aromatic nitrogens is 9. The summed E-state index contributed by atoms with van der Waals surface area (Å²) in [7, 11) is 0. The molecule has 26 rings (SSSR count). The quantitative estimate of drug-likeness (QED) is 0.0852. The zero-order chi connectivity index (χ0) is 93.7. The number of hydrogen-bond acceptors (Lipinski definition) is 12.